The van der Waals surface area contributed by atoms with Gasteiger partial charge >= 0.3 is 0 Å². The fourth-order valence-electron chi connectivity index (χ4n) is 4.60. The molecule has 194 valence electrons. The van der Waals surface area contributed by atoms with Gasteiger partial charge in [-0.25, -0.2) is 0 Å². The molecule has 0 bridgehead atoms. The van der Waals surface area contributed by atoms with Crippen LogP contribution in [-0.4, -0.2) is 36.0 Å². The predicted octanol–water partition coefficient (Wildman–Crippen LogP) is 8.34. The van der Waals surface area contributed by atoms with Gasteiger partial charge < -0.3 is 14.2 Å². The molecule has 0 fully saturated rings. The molecule has 0 saturated heterocycles. The first-order valence-electron chi connectivity index (χ1n) is 14.7. The molecule has 0 radical (unpaired) electrons. The maximum Gasteiger partial charge on any atom is 0.282 e. The molecular weight excluding hydrogens is 412 g/mol. The minimum Gasteiger partial charge on any atom is -0.328 e. The van der Waals surface area contributed by atoms with Gasteiger partial charge in [0.1, 0.15) is 0 Å². The van der Waals surface area contributed by atoms with Gasteiger partial charge in [0.2, 0.25) is 0 Å². The fourth-order valence-corrected chi connectivity index (χ4v) is 5.10. The van der Waals surface area contributed by atoms with Crippen LogP contribution in [0.2, 0.25) is 6.04 Å². The van der Waals surface area contributed by atoms with Gasteiger partial charge in [0.05, 0.1) is 0 Å². The molecule has 0 N–H and O–H groups in total. The summed E-state index contributed by atoms with van der Waals surface area (Å²) in [6, 6.07) is 1.50. The van der Waals surface area contributed by atoms with Crippen molar-refractivity contribution < 1.29 is 14.2 Å². The Labute approximate surface area is 205 Å². The van der Waals surface area contributed by atoms with Gasteiger partial charge in [-0.3, -0.25) is 0 Å². The van der Waals surface area contributed by atoms with E-state index in [0.29, 0.717) is 19.8 Å². The van der Waals surface area contributed by atoms with E-state index in [0.717, 1.165) is 12.8 Å². The van der Waals surface area contributed by atoms with Gasteiger partial charge in [0.25, 0.3) is 5.97 Å². The molecule has 0 unspecified atom stereocenters. The zero-order valence-corrected chi connectivity index (χ0v) is 24.7. The highest BCUT2D eigenvalue weighted by atomic mass is 28.1. The highest BCUT2D eigenvalue weighted by Crippen LogP contribution is 2.24. The molecule has 0 aromatic rings. The highest BCUT2D eigenvalue weighted by molar-refractivity contribution is 6.08. The lowest BCUT2D eigenvalue weighted by Crippen LogP contribution is -2.39. The molecule has 0 aliphatic carbocycles. The molecule has 0 rings (SSSR count). The van der Waals surface area contributed by atoms with Crippen molar-refractivity contribution in [3.63, 3.8) is 0 Å². The van der Waals surface area contributed by atoms with E-state index in [2.05, 4.69) is 0 Å². The molecule has 4 heteroatoms. The number of rotatable bonds is 27. The first-order valence-corrected chi connectivity index (χ1v) is 16.1. The van der Waals surface area contributed by atoms with E-state index < -0.39 is 5.97 Å². The summed E-state index contributed by atoms with van der Waals surface area (Å²) in [7, 11) is 1.40. The van der Waals surface area contributed by atoms with Crippen molar-refractivity contribution in [1.29, 1.82) is 0 Å². The lowest BCUT2D eigenvalue weighted by atomic mass is 10.0. The second kappa shape index (κ2) is 25.7. The van der Waals surface area contributed by atoms with Crippen LogP contribution in [0.15, 0.2) is 0 Å². The summed E-state index contributed by atoms with van der Waals surface area (Å²) in [4.78, 5) is 0. The minimum atomic E-state index is -0.812. The van der Waals surface area contributed by atoms with Gasteiger partial charge in [-0.15, -0.1) is 0 Å². The van der Waals surface area contributed by atoms with E-state index in [1.807, 2.05) is 20.8 Å². The third kappa shape index (κ3) is 20.7. The Morgan fingerprint density at radius 2 is 0.656 bits per heavy atom. The second-order valence-corrected chi connectivity index (χ2v) is 10.4. The zero-order valence-electron chi connectivity index (χ0n) is 22.7. The molecular formula is C28H60O3Si. The van der Waals surface area contributed by atoms with Crippen molar-refractivity contribution in [2.45, 2.75) is 161 Å². The van der Waals surface area contributed by atoms with Crippen LogP contribution in [0.3, 0.4) is 0 Å². The van der Waals surface area contributed by atoms with E-state index in [-0.39, 0.29) is 0 Å². The lowest BCUT2D eigenvalue weighted by molar-refractivity contribution is -0.380. The summed E-state index contributed by atoms with van der Waals surface area (Å²) in [6.07, 6.45) is 27.8. The van der Waals surface area contributed by atoms with Gasteiger partial charge in [-0.2, -0.15) is 0 Å². The van der Waals surface area contributed by atoms with Crippen LogP contribution in [0.25, 0.3) is 0 Å². The molecule has 0 spiro atoms. The van der Waals surface area contributed by atoms with Crippen LogP contribution < -0.4 is 0 Å². The van der Waals surface area contributed by atoms with E-state index in [1.54, 1.807) is 0 Å². The molecule has 0 saturated carbocycles. The Hall–Kier alpha value is 0.0969. The van der Waals surface area contributed by atoms with Gasteiger partial charge in [-0.1, -0.05) is 122 Å². The second-order valence-electron chi connectivity index (χ2n) is 9.45. The topological polar surface area (TPSA) is 27.7 Å². The Bertz CT molecular complexity index is 335. The van der Waals surface area contributed by atoms with Crippen LogP contribution in [0.5, 0.6) is 0 Å². The first-order chi connectivity index (χ1) is 15.7. The SMILES string of the molecule is CCOC(CCCCCCCCCCCCCCCCCCCCC[SiH3])(OCC)OCC. The van der Waals surface area contributed by atoms with Gasteiger partial charge in [0, 0.05) is 36.5 Å². The van der Waals surface area contributed by atoms with E-state index in [4.69, 9.17) is 14.2 Å². The van der Waals surface area contributed by atoms with Crippen molar-refractivity contribution in [3.05, 3.63) is 0 Å². The summed E-state index contributed by atoms with van der Waals surface area (Å²) in [5, 5.41) is 0. The summed E-state index contributed by atoms with van der Waals surface area (Å²) >= 11 is 0. The van der Waals surface area contributed by atoms with Crippen LogP contribution >= 0.6 is 0 Å². The molecule has 0 aliphatic rings. The standard InChI is InChI=1S/C28H60O3Si/c1-4-29-28(30-5-2,31-6-3)26-24-22-20-18-16-14-12-10-8-7-9-11-13-15-17-19-21-23-25-27-32/h4-27H2,1-3,32H3. The van der Waals surface area contributed by atoms with Gasteiger partial charge in [-0.05, 0) is 27.2 Å². The van der Waals surface area contributed by atoms with Crippen molar-refractivity contribution in [1.82, 2.24) is 0 Å². The Morgan fingerprint density at radius 1 is 0.406 bits per heavy atom. The normalized spacial score (nSPS) is 12.1. The monoisotopic (exact) mass is 472 g/mol. The number of hydrogen-bond donors (Lipinski definition) is 0. The quantitative estimate of drug-likeness (QED) is 0.0683. The number of unbranched alkanes of at least 4 members (excludes halogenated alkanes) is 18. The maximum atomic E-state index is 5.81. The van der Waals surface area contributed by atoms with Crippen LogP contribution in [0, 0.1) is 0 Å². The number of hydrogen-bond acceptors (Lipinski definition) is 3. The molecule has 0 aromatic carbocycles. The van der Waals surface area contributed by atoms with E-state index in [1.165, 1.54) is 132 Å². The molecule has 0 aliphatic heterocycles. The average molecular weight is 473 g/mol. The Morgan fingerprint density at radius 3 is 0.906 bits per heavy atom. The smallest absolute Gasteiger partial charge is 0.282 e. The molecule has 0 heterocycles. The zero-order chi connectivity index (χ0) is 23.6. The molecule has 3 nitrogen and oxygen atoms in total. The first kappa shape index (κ1) is 32.1. The van der Waals surface area contributed by atoms with E-state index in [9.17, 15) is 0 Å². The maximum absolute atomic E-state index is 5.81. The van der Waals surface area contributed by atoms with Crippen molar-refractivity contribution in [2.75, 3.05) is 19.8 Å². The average Bonchev–Trinajstić information content (AvgIpc) is 2.78. The summed E-state index contributed by atoms with van der Waals surface area (Å²) < 4.78 is 17.4. The molecule has 0 amide bonds. The predicted molar refractivity (Wildman–Crippen MR) is 145 cm³/mol. The minimum absolute atomic E-state index is 0.625. The summed E-state index contributed by atoms with van der Waals surface area (Å²) in [6.45, 7) is 7.89. The van der Waals surface area contributed by atoms with Crippen LogP contribution in [-0.2, 0) is 14.2 Å². The third-order valence-electron chi connectivity index (χ3n) is 6.43. The summed E-state index contributed by atoms with van der Waals surface area (Å²) in [5.41, 5.74) is 0. The van der Waals surface area contributed by atoms with Gasteiger partial charge in [0.15, 0.2) is 0 Å². The largest absolute Gasteiger partial charge is 0.328 e. The fraction of sp³-hybridized carbons (Fsp3) is 1.00. The van der Waals surface area contributed by atoms with Crippen molar-refractivity contribution in [2.24, 2.45) is 0 Å². The number of ether oxygens (including phenoxy) is 3. The van der Waals surface area contributed by atoms with Crippen LogP contribution in [0.4, 0.5) is 0 Å². The van der Waals surface area contributed by atoms with E-state index >= 15 is 0 Å². The Balaban J connectivity index is 3.37. The lowest BCUT2D eigenvalue weighted by Gasteiger charge is -2.32. The molecule has 0 atom stereocenters. The molecule has 32 heavy (non-hydrogen) atoms. The Kier molecular flexibility index (Phi) is 25.8. The van der Waals surface area contributed by atoms with Crippen LogP contribution in [0.1, 0.15) is 149 Å². The highest BCUT2D eigenvalue weighted by Gasteiger charge is 2.31. The molecule has 0 aromatic heterocycles. The summed E-state index contributed by atoms with van der Waals surface area (Å²) in [5.74, 6) is -0.812. The van der Waals surface area contributed by atoms with Crippen molar-refractivity contribution >= 4 is 10.2 Å². The third-order valence-corrected chi connectivity index (χ3v) is 7.14. The van der Waals surface area contributed by atoms with Crippen molar-refractivity contribution in [3.8, 4) is 0 Å².